The van der Waals surface area contributed by atoms with Crippen molar-refractivity contribution in [2.45, 2.75) is 0 Å². The normalized spacial score (nSPS) is 10.0. The second-order valence-corrected chi connectivity index (χ2v) is 4.42. The quantitative estimate of drug-likeness (QED) is 0.263. The van der Waals surface area contributed by atoms with Crippen LogP contribution in [0.3, 0.4) is 0 Å². The highest BCUT2D eigenvalue weighted by Crippen LogP contribution is 2.28. The fourth-order valence-corrected chi connectivity index (χ4v) is 1.97. The first-order valence-corrected chi connectivity index (χ1v) is 6.63. The Labute approximate surface area is 125 Å². The fraction of sp³-hybridized carbons (Fsp3) is 0.0769. The van der Waals surface area contributed by atoms with E-state index < -0.39 is 0 Å². The lowest BCUT2D eigenvalue weighted by Gasteiger charge is -2.16. The van der Waals surface area contributed by atoms with Crippen molar-refractivity contribution in [3.05, 3.63) is 53.4 Å². The number of ether oxygens (including phenoxy) is 1. The van der Waals surface area contributed by atoms with Crippen molar-refractivity contribution < 1.29 is 14.3 Å². The van der Waals surface area contributed by atoms with Gasteiger partial charge in [-0.2, -0.15) is 5.01 Å². The van der Waals surface area contributed by atoms with Crippen molar-refractivity contribution in [2.24, 2.45) is 5.29 Å². The summed E-state index contributed by atoms with van der Waals surface area (Å²) in [6.45, 7) is 0. The molecule has 0 aliphatic rings. The van der Waals surface area contributed by atoms with E-state index in [4.69, 9.17) is 9.99 Å². The van der Waals surface area contributed by atoms with Crippen LogP contribution in [-0.2, 0) is 4.33 Å². The molecule has 0 heterocycles. The van der Waals surface area contributed by atoms with Gasteiger partial charge in [-0.15, -0.1) is 9.24 Å². The van der Waals surface area contributed by atoms with Crippen LogP contribution in [0.4, 0.5) is 17.1 Å². The summed E-state index contributed by atoms with van der Waals surface area (Å²) in [5.41, 5.74) is 1.94. The van der Waals surface area contributed by atoms with Crippen molar-refractivity contribution >= 4 is 29.3 Å². The molecule has 7 nitrogen and oxygen atoms in total. The van der Waals surface area contributed by atoms with Crippen LogP contribution in [0, 0.1) is 4.91 Å². The van der Waals surface area contributed by atoms with Crippen molar-refractivity contribution in [3.63, 3.8) is 0 Å². The van der Waals surface area contributed by atoms with Gasteiger partial charge < -0.3 is 9.46 Å². The van der Waals surface area contributed by atoms with Crippen molar-refractivity contribution in [3.8, 4) is 5.75 Å². The Kier molecular flexibility index (Phi) is 5.38. The average Bonchev–Trinajstić information content (AvgIpc) is 2.55. The van der Waals surface area contributed by atoms with Gasteiger partial charge in [0, 0.05) is 5.69 Å². The Morgan fingerprint density at radius 2 is 1.67 bits per heavy atom. The topological polar surface area (TPSA) is 83.4 Å². The van der Waals surface area contributed by atoms with E-state index in [0.29, 0.717) is 35.0 Å². The minimum absolute atomic E-state index is 0.607. The van der Waals surface area contributed by atoms with Crippen molar-refractivity contribution in [1.29, 1.82) is 0 Å². The molecule has 2 aromatic rings. The van der Waals surface area contributed by atoms with E-state index in [1.807, 2.05) is 0 Å². The van der Waals surface area contributed by atoms with Gasteiger partial charge in [0.2, 0.25) is 0 Å². The largest absolute Gasteiger partial charge is 0.497 e. The predicted octanol–water partition coefficient (Wildman–Crippen LogP) is 3.98. The molecule has 0 fully saturated rings. The minimum Gasteiger partial charge on any atom is -0.497 e. The molecule has 8 heteroatoms. The van der Waals surface area contributed by atoms with Crippen LogP contribution < -0.4 is 14.5 Å². The molecule has 0 aliphatic carbocycles. The van der Waals surface area contributed by atoms with Crippen LogP contribution in [0.5, 0.6) is 5.75 Å². The second-order valence-electron chi connectivity index (χ2n) is 3.90. The monoisotopic (exact) mass is 307 g/mol. The summed E-state index contributed by atoms with van der Waals surface area (Å²) in [5.74, 6) is 0.699. The average molecular weight is 307 g/mol. The first-order chi connectivity index (χ1) is 10.3. The molecule has 0 radical (unpaired) electrons. The highest BCUT2D eigenvalue weighted by molar-refractivity contribution is 7.95. The van der Waals surface area contributed by atoms with Crippen LogP contribution in [0.25, 0.3) is 0 Å². The smallest absolute Gasteiger partial charge is 0.148 e. The third-order valence-corrected chi connectivity index (χ3v) is 3.10. The Morgan fingerprint density at radius 1 is 1.10 bits per heavy atom. The molecular weight excluding hydrogens is 294 g/mol. The lowest BCUT2D eigenvalue weighted by molar-refractivity contribution is -0.115. The van der Waals surface area contributed by atoms with Gasteiger partial charge >= 0.3 is 0 Å². The van der Waals surface area contributed by atoms with Gasteiger partial charge in [0.05, 0.1) is 23.8 Å². The lowest BCUT2D eigenvalue weighted by Crippen LogP contribution is -2.07. The number of benzene rings is 2. The standard InChI is InChI=1S/C13H13N3O4S/c1-19-13-8-6-12(7-9-13)16(15-17)11-4-2-10(3-5-11)14-21-20-18/h2-9,14,18H,1H3. The zero-order valence-corrected chi connectivity index (χ0v) is 11.9. The van der Waals surface area contributed by atoms with Gasteiger partial charge in [-0.1, -0.05) is 0 Å². The number of nitrogens with one attached hydrogen (secondary N) is 1. The number of methoxy groups -OCH3 is 1. The van der Waals surface area contributed by atoms with Gasteiger partial charge in [-0.05, 0) is 48.5 Å². The van der Waals surface area contributed by atoms with E-state index in [1.54, 1.807) is 55.6 Å². The summed E-state index contributed by atoms with van der Waals surface area (Å²) in [6.07, 6.45) is 0. The van der Waals surface area contributed by atoms with Gasteiger partial charge in [0.1, 0.15) is 18.0 Å². The van der Waals surface area contributed by atoms with Gasteiger partial charge in [0.25, 0.3) is 0 Å². The highest BCUT2D eigenvalue weighted by Gasteiger charge is 2.09. The molecule has 0 unspecified atom stereocenters. The molecule has 0 aliphatic heterocycles. The maximum absolute atomic E-state index is 11.1. The third-order valence-electron chi connectivity index (χ3n) is 2.71. The molecule has 0 bridgehead atoms. The van der Waals surface area contributed by atoms with Gasteiger partial charge in [-0.25, -0.2) is 5.26 Å². The van der Waals surface area contributed by atoms with Gasteiger partial charge in [0.15, 0.2) is 0 Å². The van der Waals surface area contributed by atoms with E-state index >= 15 is 0 Å². The number of rotatable bonds is 7. The fourth-order valence-electron chi connectivity index (χ4n) is 1.70. The Hall–Kier alpha value is -2.29. The maximum Gasteiger partial charge on any atom is 0.148 e. The summed E-state index contributed by atoms with van der Waals surface area (Å²) in [6, 6.07) is 13.9. The Morgan fingerprint density at radius 3 is 2.14 bits per heavy atom. The summed E-state index contributed by atoms with van der Waals surface area (Å²) in [7, 11) is 1.57. The summed E-state index contributed by atoms with van der Waals surface area (Å²) < 4.78 is 11.7. The number of nitrogens with zero attached hydrogens (tertiary/aromatic N) is 2. The zero-order chi connectivity index (χ0) is 15.1. The number of hydrogen-bond acceptors (Lipinski definition) is 7. The molecule has 0 saturated heterocycles. The first kappa shape index (κ1) is 15.1. The van der Waals surface area contributed by atoms with Crippen LogP contribution in [0.15, 0.2) is 53.8 Å². The molecule has 2 N–H and O–H groups in total. The van der Waals surface area contributed by atoms with Gasteiger partial charge in [-0.3, -0.25) is 0 Å². The zero-order valence-electron chi connectivity index (χ0n) is 11.1. The highest BCUT2D eigenvalue weighted by atomic mass is 32.2. The summed E-state index contributed by atoms with van der Waals surface area (Å²) in [5, 5.41) is 12.5. The van der Waals surface area contributed by atoms with Crippen LogP contribution in [-0.4, -0.2) is 12.4 Å². The summed E-state index contributed by atoms with van der Waals surface area (Å²) in [4.78, 5) is 11.1. The maximum atomic E-state index is 11.1. The molecular formula is C13H13N3O4S. The number of hydrogen-bond donors (Lipinski definition) is 2. The van der Waals surface area contributed by atoms with Crippen molar-refractivity contribution in [2.75, 3.05) is 16.8 Å². The molecule has 0 spiro atoms. The lowest BCUT2D eigenvalue weighted by atomic mass is 10.2. The SMILES string of the molecule is COc1ccc(N(N=O)c2ccc(NSOO)cc2)cc1. The number of nitroso groups, excluding NO2 is 1. The predicted molar refractivity (Wildman–Crippen MR) is 82.3 cm³/mol. The molecule has 0 atom stereocenters. The molecule has 110 valence electrons. The van der Waals surface area contributed by atoms with E-state index in [2.05, 4.69) is 14.3 Å². The Bertz CT molecular complexity index is 577. The van der Waals surface area contributed by atoms with E-state index in [0.717, 1.165) is 0 Å². The third kappa shape index (κ3) is 3.85. The van der Waals surface area contributed by atoms with Crippen LogP contribution in [0.2, 0.25) is 0 Å². The molecule has 2 rings (SSSR count). The van der Waals surface area contributed by atoms with E-state index in [-0.39, 0.29) is 0 Å². The van der Waals surface area contributed by atoms with E-state index in [9.17, 15) is 4.91 Å². The van der Waals surface area contributed by atoms with Crippen LogP contribution >= 0.6 is 12.2 Å². The second kappa shape index (κ2) is 7.48. The minimum atomic E-state index is 0.607. The molecule has 0 saturated carbocycles. The van der Waals surface area contributed by atoms with Crippen LogP contribution in [0.1, 0.15) is 0 Å². The van der Waals surface area contributed by atoms with E-state index in [1.165, 1.54) is 5.01 Å². The molecule has 21 heavy (non-hydrogen) atoms. The Balaban J connectivity index is 2.17. The number of anilines is 3. The van der Waals surface area contributed by atoms with Crippen molar-refractivity contribution in [1.82, 2.24) is 0 Å². The first-order valence-electron chi connectivity index (χ1n) is 5.89. The molecule has 0 amide bonds. The summed E-state index contributed by atoms with van der Waals surface area (Å²) >= 11 is 0.675. The molecule has 0 aromatic heterocycles. The molecule has 2 aromatic carbocycles.